The summed E-state index contributed by atoms with van der Waals surface area (Å²) in [6.45, 7) is 1.53. The highest BCUT2D eigenvalue weighted by molar-refractivity contribution is 5.82. The van der Waals surface area contributed by atoms with Crippen molar-refractivity contribution < 1.29 is 9.90 Å². The van der Waals surface area contributed by atoms with Gasteiger partial charge in [-0.2, -0.15) is 5.26 Å². The molecular weight excluding hydrogens is 314 g/mol. The van der Waals surface area contributed by atoms with Gasteiger partial charge in [-0.3, -0.25) is 4.79 Å². The highest BCUT2D eigenvalue weighted by atomic mass is 16.3. The van der Waals surface area contributed by atoms with Gasteiger partial charge in [0.1, 0.15) is 0 Å². The Morgan fingerprint density at radius 2 is 1.84 bits per heavy atom. The van der Waals surface area contributed by atoms with Crippen molar-refractivity contribution in [2.24, 2.45) is 0 Å². The van der Waals surface area contributed by atoms with E-state index in [2.05, 4.69) is 6.07 Å². The van der Waals surface area contributed by atoms with Gasteiger partial charge in [-0.1, -0.05) is 42.5 Å². The van der Waals surface area contributed by atoms with Gasteiger partial charge in [0, 0.05) is 19.6 Å². The molecule has 0 aromatic heterocycles. The predicted octanol–water partition coefficient (Wildman–Crippen LogP) is 2.18. The van der Waals surface area contributed by atoms with Crippen LogP contribution in [0.3, 0.4) is 0 Å². The van der Waals surface area contributed by atoms with Crippen molar-refractivity contribution in [1.29, 1.82) is 5.26 Å². The van der Waals surface area contributed by atoms with E-state index >= 15 is 0 Å². The maximum absolute atomic E-state index is 12.8. The van der Waals surface area contributed by atoms with Crippen molar-refractivity contribution >= 4 is 5.91 Å². The first kappa shape index (κ1) is 18.7. The molecule has 2 rings (SSSR count). The number of rotatable bonds is 7. The molecule has 25 heavy (non-hydrogen) atoms. The fraction of sp³-hybridized carbons (Fsp3) is 0.300. The number of aliphatic hydroxyl groups is 1. The Bertz CT molecular complexity index is 738. The highest BCUT2D eigenvalue weighted by Gasteiger charge is 2.23. The third-order valence-corrected chi connectivity index (χ3v) is 3.91. The molecule has 0 aliphatic carbocycles. The second kappa shape index (κ2) is 8.97. The van der Waals surface area contributed by atoms with Crippen molar-refractivity contribution in [1.82, 2.24) is 9.80 Å². The summed E-state index contributed by atoms with van der Waals surface area (Å²) in [6.07, 6.45) is -1.19. The Morgan fingerprint density at radius 3 is 2.48 bits per heavy atom. The largest absolute Gasteiger partial charge is 0.378 e. The molecule has 0 aliphatic heterocycles. The first-order valence-electron chi connectivity index (χ1n) is 8.17. The topological polar surface area (TPSA) is 67.6 Å². The van der Waals surface area contributed by atoms with Crippen LogP contribution in [0.15, 0.2) is 54.6 Å². The van der Waals surface area contributed by atoms with Gasteiger partial charge < -0.3 is 14.9 Å². The van der Waals surface area contributed by atoms with Gasteiger partial charge in [-0.25, -0.2) is 0 Å². The van der Waals surface area contributed by atoms with Gasteiger partial charge in [0.05, 0.1) is 11.6 Å². The quantitative estimate of drug-likeness (QED) is 0.841. The van der Waals surface area contributed by atoms with Gasteiger partial charge in [-0.05, 0) is 37.4 Å². The molecule has 130 valence electrons. The molecule has 2 aromatic carbocycles. The molecule has 1 amide bonds. The lowest BCUT2D eigenvalue weighted by atomic mass is 10.1. The number of likely N-dealkylation sites (N-methyl/N-ethyl adjacent to an activating group) is 1. The van der Waals surface area contributed by atoms with Crippen LogP contribution in [-0.4, -0.2) is 48.0 Å². The van der Waals surface area contributed by atoms with E-state index in [1.54, 1.807) is 47.4 Å². The van der Waals surface area contributed by atoms with Crippen LogP contribution in [0.1, 0.15) is 22.8 Å². The van der Waals surface area contributed by atoms with Gasteiger partial charge >= 0.3 is 0 Å². The zero-order chi connectivity index (χ0) is 18.2. The average Bonchev–Trinajstić information content (AvgIpc) is 2.64. The third kappa shape index (κ3) is 5.42. The van der Waals surface area contributed by atoms with Crippen LogP contribution in [0.2, 0.25) is 0 Å². The summed E-state index contributed by atoms with van der Waals surface area (Å²) in [5, 5.41) is 19.5. The normalized spacial score (nSPS) is 11.8. The zero-order valence-corrected chi connectivity index (χ0v) is 14.6. The molecule has 0 fully saturated rings. The number of carbonyl (C=O) groups excluding carboxylic acids is 1. The number of aliphatic hydroxyl groups excluding tert-OH is 1. The SMILES string of the molecule is CN(C)CCN(Cc1cccc(C#N)c1)C(=O)C(O)c1ccccc1. The third-order valence-electron chi connectivity index (χ3n) is 3.91. The predicted molar refractivity (Wildman–Crippen MR) is 96.5 cm³/mol. The van der Waals surface area contributed by atoms with Gasteiger partial charge in [0.25, 0.3) is 5.91 Å². The second-order valence-corrected chi connectivity index (χ2v) is 6.19. The Balaban J connectivity index is 2.19. The summed E-state index contributed by atoms with van der Waals surface area (Å²) in [6, 6.07) is 18.2. The minimum Gasteiger partial charge on any atom is -0.378 e. The molecule has 2 aromatic rings. The number of nitrogens with zero attached hydrogens (tertiary/aromatic N) is 3. The number of carbonyl (C=O) groups is 1. The highest BCUT2D eigenvalue weighted by Crippen LogP contribution is 2.17. The molecule has 0 saturated carbocycles. The van der Waals surface area contributed by atoms with Crippen LogP contribution < -0.4 is 0 Å². The van der Waals surface area contributed by atoms with E-state index < -0.39 is 6.10 Å². The smallest absolute Gasteiger partial charge is 0.256 e. The van der Waals surface area contributed by atoms with Crippen LogP contribution in [0.5, 0.6) is 0 Å². The van der Waals surface area contributed by atoms with Crippen molar-refractivity contribution in [3.8, 4) is 6.07 Å². The maximum Gasteiger partial charge on any atom is 0.256 e. The van der Waals surface area contributed by atoms with E-state index in [0.29, 0.717) is 30.8 Å². The fourth-order valence-electron chi connectivity index (χ4n) is 2.50. The van der Waals surface area contributed by atoms with E-state index in [9.17, 15) is 9.90 Å². The number of benzene rings is 2. The van der Waals surface area contributed by atoms with Gasteiger partial charge in [-0.15, -0.1) is 0 Å². The Morgan fingerprint density at radius 1 is 1.12 bits per heavy atom. The molecule has 0 bridgehead atoms. The minimum absolute atomic E-state index is 0.338. The lowest BCUT2D eigenvalue weighted by molar-refractivity contribution is -0.141. The Hall–Kier alpha value is -2.68. The number of hydrogen-bond acceptors (Lipinski definition) is 4. The number of amides is 1. The Kier molecular flexibility index (Phi) is 6.70. The Labute approximate surface area is 148 Å². The van der Waals surface area contributed by atoms with Crippen molar-refractivity contribution in [2.75, 3.05) is 27.2 Å². The maximum atomic E-state index is 12.8. The second-order valence-electron chi connectivity index (χ2n) is 6.19. The lowest BCUT2D eigenvalue weighted by Gasteiger charge is -2.27. The summed E-state index contributed by atoms with van der Waals surface area (Å²) >= 11 is 0. The molecule has 1 unspecified atom stereocenters. The van der Waals surface area contributed by atoms with Gasteiger partial charge in [0.15, 0.2) is 6.10 Å². The molecule has 0 radical (unpaired) electrons. The fourth-order valence-corrected chi connectivity index (χ4v) is 2.50. The van der Waals surface area contributed by atoms with E-state index in [0.717, 1.165) is 5.56 Å². The number of hydrogen-bond donors (Lipinski definition) is 1. The van der Waals surface area contributed by atoms with E-state index in [-0.39, 0.29) is 5.91 Å². The molecule has 0 aliphatic rings. The molecule has 0 heterocycles. The average molecular weight is 337 g/mol. The summed E-state index contributed by atoms with van der Waals surface area (Å²) in [5.41, 5.74) is 2.00. The van der Waals surface area contributed by atoms with Crippen molar-refractivity contribution in [3.63, 3.8) is 0 Å². The van der Waals surface area contributed by atoms with Crippen LogP contribution in [0.4, 0.5) is 0 Å². The zero-order valence-electron chi connectivity index (χ0n) is 14.6. The van der Waals surface area contributed by atoms with E-state index in [1.165, 1.54) is 0 Å². The first-order valence-corrected chi connectivity index (χ1v) is 8.17. The van der Waals surface area contributed by atoms with Crippen LogP contribution in [0.25, 0.3) is 0 Å². The van der Waals surface area contributed by atoms with Crippen LogP contribution in [-0.2, 0) is 11.3 Å². The summed E-state index contributed by atoms with van der Waals surface area (Å²) in [4.78, 5) is 16.4. The standard InChI is InChI=1S/C20H23N3O2/c1-22(2)11-12-23(15-17-8-6-7-16(13-17)14-21)20(25)19(24)18-9-4-3-5-10-18/h3-10,13,19,24H,11-12,15H2,1-2H3. The molecule has 1 atom stereocenters. The van der Waals surface area contributed by atoms with Gasteiger partial charge in [0.2, 0.25) is 0 Å². The molecule has 0 spiro atoms. The molecule has 1 N–H and O–H groups in total. The molecule has 0 saturated heterocycles. The summed E-state index contributed by atoms with van der Waals surface area (Å²) < 4.78 is 0. The monoisotopic (exact) mass is 337 g/mol. The summed E-state index contributed by atoms with van der Waals surface area (Å²) in [7, 11) is 3.87. The summed E-state index contributed by atoms with van der Waals surface area (Å²) in [5.74, 6) is -0.338. The lowest BCUT2D eigenvalue weighted by Crippen LogP contribution is -2.39. The van der Waals surface area contributed by atoms with Crippen molar-refractivity contribution in [3.05, 3.63) is 71.3 Å². The van der Waals surface area contributed by atoms with Crippen LogP contribution in [0, 0.1) is 11.3 Å². The minimum atomic E-state index is -1.19. The molecule has 5 heteroatoms. The van der Waals surface area contributed by atoms with E-state index in [1.807, 2.05) is 31.1 Å². The van der Waals surface area contributed by atoms with Crippen LogP contribution >= 0.6 is 0 Å². The molecule has 5 nitrogen and oxygen atoms in total. The first-order chi connectivity index (χ1) is 12.0. The number of nitriles is 1. The molecular formula is C20H23N3O2. The van der Waals surface area contributed by atoms with E-state index in [4.69, 9.17) is 5.26 Å². The van der Waals surface area contributed by atoms with Crippen molar-refractivity contribution in [2.45, 2.75) is 12.6 Å².